The summed E-state index contributed by atoms with van der Waals surface area (Å²) in [6.45, 7) is 3.43. The smallest absolute Gasteiger partial charge is 0.229 e. The van der Waals surface area contributed by atoms with E-state index in [2.05, 4.69) is 9.88 Å². The van der Waals surface area contributed by atoms with Crippen molar-refractivity contribution in [1.82, 2.24) is 9.88 Å². The van der Waals surface area contributed by atoms with Crippen LogP contribution >= 0.6 is 11.6 Å². The van der Waals surface area contributed by atoms with Gasteiger partial charge < -0.3 is 9.80 Å². The van der Waals surface area contributed by atoms with Gasteiger partial charge in [-0.15, -0.1) is 0 Å². The molecule has 5 heteroatoms. The van der Waals surface area contributed by atoms with E-state index in [0.29, 0.717) is 5.91 Å². The van der Waals surface area contributed by atoms with Crippen molar-refractivity contribution in [3.8, 4) is 0 Å². The summed E-state index contributed by atoms with van der Waals surface area (Å²) in [5, 5.41) is 1.77. The third-order valence-corrected chi connectivity index (χ3v) is 4.84. The van der Waals surface area contributed by atoms with Gasteiger partial charge in [-0.05, 0) is 43.2 Å². The van der Waals surface area contributed by atoms with E-state index in [0.717, 1.165) is 60.8 Å². The molecular weight excluding hydrogens is 298 g/mol. The first-order valence-electron chi connectivity index (χ1n) is 7.81. The Kier molecular flexibility index (Phi) is 3.41. The van der Waals surface area contributed by atoms with Gasteiger partial charge in [0.25, 0.3) is 0 Å². The lowest BCUT2D eigenvalue weighted by molar-refractivity contribution is -0.135. The molecular formula is C17H18ClN3O. The number of rotatable bonds is 2. The number of nitrogens with zero attached hydrogens (tertiary/aromatic N) is 3. The molecule has 1 amide bonds. The largest absolute Gasteiger partial charge is 0.355 e. The highest BCUT2D eigenvalue weighted by atomic mass is 35.5. The number of benzene rings is 1. The SMILES string of the molecule is O=C(C1CN(c2ccc3cc(Cl)ccc3n2)C1)N1CCCC1. The van der Waals surface area contributed by atoms with Crippen LogP contribution in [0.2, 0.25) is 5.02 Å². The van der Waals surface area contributed by atoms with Crippen LogP contribution < -0.4 is 4.90 Å². The van der Waals surface area contributed by atoms with Gasteiger partial charge in [0, 0.05) is 36.6 Å². The number of carbonyl (C=O) groups is 1. The normalized spacial score (nSPS) is 18.8. The number of hydrogen-bond donors (Lipinski definition) is 0. The lowest BCUT2D eigenvalue weighted by Gasteiger charge is -2.40. The predicted octanol–water partition coefficient (Wildman–Crippen LogP) is 2.95. The Bertz CT molecular complexity index is 721. The van der Waals surface area contributed by atoms with Gasteiger partial charge >= 0.3 is 0 Å². The molecule has 114 valence electrons. The highest BCUT2D eigenvalue weighted by Crippen LogP contribution is 2.28. The number of carbonyl (C=O) groups excluding carboxylic acids is 1. The summed E-state index contributed by atoms with van der Waals surface area (Å²) in [5.74, 6) is 1.41. The van der Waals surface area contributed by atoms with Crippen molar-refractivity contribution in [3.63, 3.8) is 0 Å². The predicted molar refractivity (Wildman–Crippen MR) is 88.3 cm³/mol. The fraction of sp³-hybridized carbons (Fsp3) is 0.412. The van der Waals surface area contributed by atoms with Crippen LogP contribution in [0.15, 0.2) is 30.3 Å². The van der Waals surface area contributed by atoms with Crippen LogP contribution in [0.1, 0.15) is 12.8 Å². The molecule has 1 aromatic heterocycles. The summed E-state index contributed by atoms with van der Waals surface area (Å²) >= 11 is 6.00. The van der Waals surface area contributed by atoms with E-state index < -0.39 is 0 Å². The lowest BCUT2D eigenvalue weighted by atomic mass is 9.98. The highest BCUT2D eigenvalue weighted by Gasteiger charge is 2.36. The summed E-state index contributed by atoms with van der Waals surface area (Å²) in [5.41, 5.74) is 0.941. The van der Waals surface area contributed by atoms with E-state index in [1.54, 1.807) is 0 Å². The molecule has 0 aliphatic carbocycles. The summed E-state index contributed by atoms with van der Waals surface area (Å²) in [6.07, 6.45) is 2.30. The summed E-state index contributed by atoms with van der Waals surface area (Å²) in [7, 11) is 0. The monoisotopic (exact) mass is 315 g/mol. The number of amides is 1. The van der Waals surface area contributed by atoms with E-state index in [9.17, 15) is 4.79 Å². The van der Waals surface area contributed by atoms with E-state index >= 15 is 0 Å². The van der Waals surface area contributed by atoms with Gasteiger partial charge in [-0.25, -0.2) is 4.98 Å². The molecule has 2 aromatic rings. The zero-order chi connectivity index (χ0) is 15.1. The third kappa shape index (κ3) is 2.41. The van der Waals surface area contributed by atoms with Crippen molar-refractivity contribution in [2.75, 3.05) is 31.1 Å². The number of fused-ring (bicyclic) bond motifs is 1. The molecule has 2 aliphatic heterocycles. The molecule has 2 aliphatic rings. The van der Waals surface area contributed by atoms with Gasteiger partial charge in [0.2, 0.25) is 5.91 Å². The van der Waals surface area contributed by atoms with Crippen LogP contribution in [0, 0.1) is 5.92 Å². The first-order valence-corrected chi connectivity index (χ1v) is 8.18. The quantitative estimate of drug-likeness (QED) is 0.855. The molecule has 0 atom stereocenters. The Morgan fingerprint density at radius 2 is 1.91 bits per heavy atom. The van der Waals surface area contributed by atoms with Crippen molar-refractivity contribution >= 4 is 34.2 Å². The zero-order valence-corrected chi connectivity index (χ0v) is 13.1. The van der Waals surface area contributed by atoms with Gasteiger partial charge in [0.15, 0.2) is 0 Å². The van der Waals surface area contributed by atoms with Crippen molar-refractivity contribution in [1.29, 1.82) is 0 Å². The van der Waals surface area contributed by atoms with Crippen LogP contribution in [-0.4, -0.2) is 42.0 Å². The maximum Gasteiger partial charge on any atom is 0.229 e. The van der Waals surface area contributed by atoms with Crippen LogP contribution in [0.3, 0.4) is 0 Å². The fourth-order valence-corrected chi connectivity index (χ4v) is 3.46. The standard InChI is InChI=1S/C17H18ClN3O/c18-14-4-5-15-12(9-14)3-6-16(19-15)21-10-13(11-21)17(22)20-7-1-2-8-20/h3-6,9,13H,1-2,7-8,10-11H2. The minimum absolute atomic E-state index is 0.140. The van der Waals surface area contributed by atoms with Crippen molar-refractivity contribution in [2.45, 2.75) is 12.8 Å². The second-order valence-electron chi connectivity index (χ2n) is 6.14. The fourth-order valence-electron chi connectivity index (χ4n) is 3.28. The molecule has 0 saturated carbocycles. The van der Waals surface area contributed by atoms with E-state index in [1.165, 1.54) is 0 Å². The van der Waals surface area contributed by atoms with Gasteiger partial charge in [-0.1, -0.05) is 11.6 Å². The van der Waals surface area contributed by atoms with Crippen LogP contribution in [0.4, 0.5) is 5.82 Å². The van der Waals surface area contributed by atoms with Crippen LogP contribution in [0.5, 0.6) is 0 Å². The Hall–Kier alpha value is -1.81. The van der Waals surface area contributed by atoms with Crippen LogP contribution in [0.25, 0.3) is 10.9 Å². The Balaban J connectivity index is 1.46. The average molecular weight is 316 g/mol. The highest BCUT2D eigenvalue weighted by molar-refractivity contribution is 6.31. The molecule has 0 bridgehead atoms. The number of hydrogen-bond acceptors (Lipinski definition) is 3. The Morgan fingerprint density at radius 1 is 1.14 bits per heavy atom. The van der Waals surface area contributed by atoms with E-state index in [4.69, 9.17) is 11.6 Å². The molecule has 0 N–H and O–H groups in total. The van der Waals surface area contributed by atoms with Gasteiger partial charge in [0.1, 0.15) is 5.82 Å². The minimum atomic E-state index is 0.140. The first kappa shape index (κ1) is 13.8. The van der Waals surface area contributed by atoms with Gasteiger partial charge in [0.05, 0.1) is 11.4 Å². The minimum Gasteiger partial charge on any atom is -0.355 e. The van der Waals surface area contributed by atoms with Gasteiger partial charge in [-0.3, -0.25) is 4.79 Å². The molecule has 4 rings (SSSR count). The Labute approximate surface area is 134 Å². The molecule has 4 nitrogen and oxygen atoms in total. The number of halogens is 1. The summed E-state index contributed by atoms with van der Waals surface area (Å²) < 4.78 is 0. The van der Waals surface area contributed by atoms with Crippen molar-refractivity contribution < 1.29 is 4.79 Å². The van der Waals surface area contributed by atoms with E-state index in [1.807, 2.05) is 35.2 Å². The molecule has 1 aromatic carbocycles. The summed E-state index contributed by atoms with van der Waals surface area (Å²) in [4.78, 5) is 21.2. The van der Waals surface area contributed by atoms with E-state index in [-0.39, 0.29) is 5.92 Å². The number of anilines is 1. The van der Waals surface area contributed by atoms with Crippen LogP contribution in [-0.2, 0) is 4.79 Å². The van der Waals surface area contributed by atoms with Crippen molar-refractivity contribution in [3.05, 3.63) is 35.4 Å². The first-order chi connectivity index (χ1) is 10.7. The maximum atomic E-state index is 12.3. The molecule has 2 fully saturated rings. The number of likely N-dealkylation sites (tertiary alicyclic amines) is 1. The average Bonchev–Trinajstić information content (AvgIpc) is 3.00. The second-order valence-corrected chi connectivity index (χ2v) is 6.58. The molecule has 2 saturated heterocycles. The Morgan fingerprint density at radius 3 is 2.68 bits per heavy atom. The third-order valence-electron chi connectivity index (χ3n) is 4.61. The second kappa shape index (κ2) is 5.43. The topological polar surface area (TPSA) is 36.4 Å². The van der Waals surface area contributed by atoms with Crippen molar-refractivity contribution in [2.24, 2.45) is 5.92 Å². The molecule has 0 radical (unpaired) electrons. The number of pyridine rings is 1. The number of aromatic nitrogens is 1. The molecule has 22 heavy (non-hydrogen) atoms. The summed E-state index contributed by atoms with van der Waals surface area (Å²) in [6, 6.07) is 9.77. The molecule has 0 unspecified atom stereocenters. The molecule has 0 spiro atoms. The van der Waals surface area contributed by atoms with Gasteiger partial charge in [-0.2, -0.15) is 0 Å². The lowest BCUT2D eigenvalue weighted by Crippen LogP contribution is -2.54. The maximum absolute atomic E-state index is 12.3. The zero-order valence-electron chi connectivity index (χ0n) is 12.3. The molecule has 3 heterocycles.